The highest BCUT2D eigenvalue weighted by Crippen LogP contribution is 2.21. The molecular weight excluding hydrogens is 296 g/mol. The number of thioether (sulfide) groups is 1. The fraction of sp³-hybridized carbons (Fsp3) is 0.438. The minimum absolute atomic E-state index is 0.0365. The number of hydrogen-bond donors (Lipinski definition) is 1. The highest BCUT2D eigenvalue weighted by Gasteiger charge is 2.15. The Morgan fingerprint density at radius 2 is 1.95 bits per heavy atom. The molecule has 1 aromatic heterocycles. The van der Waals surface area contributed by atoms with Crippen LogP contribution in [-0.4, -0.2) is 26.4 Å². The molecule has 2 aromatic rings. The summed E-state index contributed by atoms with van der Waals surface area (Å²) in [6, 6.07) is 7.77. The summed E-state index contributed by atoms with van der Waals surface area (Å²) in [6.07, 6.45) is 0. The number of aryl methyl sites for hydroxylation is 1. The SMILES string of the molecule is CCn1c(SCC(=O)Nc2ccc(C)cc2)nnc1C(C)C. The molecule has 0 aliphatic heterocycles. The number of aromatic nitrogens is 3. The molecule has 0 bridgehead atoms. The summed E-state index contributed by atoms with van der Waals surface area (Å²) in [5, 5.41) is 12.1. The van der Waals surface area contributed by atoms with Crippen molar-refractivity contribution < 1.29 is 4.79 Å². The first kappa shape index (κ1) is 16.5. The smallest absolute Gasteiger partial charge is 0.234 e. The Labute approximate surface area is 135 Å². The number of carbonyl (C=O) groups is 1. The van der Waals surface area contributed by atoms with E-state index in [4.69, 9.17) is 0 Å². The van der Waals surface area contributed by atoms with Gasteiger partial charge in [-0.05, 0) is 26.0 Å². The van der Waals surface area contributed by atoms with E-state index in [1.165, 1.54) is 17.3 Å². The van der Waals surface area contributed by atoms with Crippen LogP contribution in [0.25, 0.3) is 0 Å². The Kier molecular flexibility index (Phi) is 5.60. The van der Waals surface area contributed by atoms with E-state index in [9.17, 15) is 4.79 Å². The second-order valence-corrected chi connectivity index (χ2v) is 6.39. The fourth-order valence-electron chi connectivity index (χ4n) is 2.10. The van der Waals surface area contributed by atoms with E-state index in [0.717, 1.165) is 23.2 Å². The van der Waals surface area contributed by atoms with Crippen molar-refractivity contribution in [2.24, 2.45) is 0 Å². The third-order valence-corrected chi connectivity index (χ3v) is 4.21. The van der Waals surface area contributed by atoms with Gasteiger partial charge in [-0.15, -0.1) is 10.2 Å². The first-order valence-corrected chi connectivity index (χ1v) is 8.42. The summed E-state index contributed by atoms with van der Waals surface area (Å²) in [6.45, 7) is 9.07. The molecule has 22 heavy (non-hydrogen) atoms. The number of benzene rings is 1. The molecule has 1 heterocycles. The summed E-state index contributed by atoms with van der Waals surface area (Å²) in [5.41, 5.74) is 1.99. The molecule has 1 amide bonds. The van der Waals surface area contributed by atoms with Gasteiger partial charge in [-0.2, -0.15) is 0 Å². The minimum Gasteiger partial charge on any atom is -0.325 e. The van der Waals surface area contributed by atoms with Crippen molar-refractivity contribution in [1.29, 1.82) is 0 Å². The predicted octanol–water partition coefficient (Wildman–Crippen LogP) is 3.46. The van der Waals surface area contributed by atoms with Crippen LogP contribution < -0.4 is 5.32 Å². The predicted molar refractivity (Wildman–Crippen MR) is 90.3 cm³/mol. The van der Waals surface area contributed by atoms with Crippen molar-refractivity contribution in [3.05, 3.63) is 35.7 Å². The second kappa shape index (κ2) is 7.45. The van der Waals surface area contributed by atoms with Crippen molar-refractivity contribution in [1.82, 2.24) is 14.8 Å². The lowest BCUT2D eigenvalue weighted by Crippen LogP contribution is -2.14. The molecule has 5 nitrogen and oxygen atoms in total. The molecule has 1 aromatic carbocycles. The summed E-state index contributed by atoms with van der Waals surface area (Å²) >= 11 is 1.42. The van der Waals surface area contributed by atoms with Crippen LogP contribution in [0, 0.1) is 6.92 Å². The number of anilines is 1. The van der Waals surface area contributed by atoms with Gasteiger partial charge in [0.25, 0.3) is 0 Å². The van der Waals surface area contributed by atoms with Crippen LogP contribution in [0.5, 0.6) is 0 Å². The molecule has 0 unspecified atom stereocenters. The van der Waals surface area contributed by atoms with Crippen LogP contribution in [0.15, 0.2) is 29.4 Å². The molecule has 1 N–H and O–H groups in total. The van der Waals surface area contributed by atoms with Gasteiger partial charge < -0.3 is 9.88 Å². The van der Waals surface area contributed by atoms with E-state index in [0.29, 0.717) is 11.7 Å². The third-order valence-electron chi connectivity index (χ3n) is 3.25. The lowest BCUT2D eigenvalue weighted by atomic mass is 10.2. The number of hydrogen-bond acceptors (Lipinski definition) is 4. The van der Waals surface area contributed by atoms with Gasteiger partial charge in [0.05, 0.1) is 5.75 Å². The monoisotopic (exact) mass is 318 g/mol. The summed E-state index contributed by atoms with van der Waals surface area (Å²) in [4.78, 5) is 12.0. The maximum atomic E-state index is 12.0. The standard InChI is InChI=1S/C16H22N4OS/c1-5-20-15(11(2)3)18-19-16(20)22-10-14(21)17-13-8-6-12(4)7-9-13/h6-9,11H,5,10H2,1-4H3,(H,17,21). The van der Waals surface area contributed by atoms with Crippen molar-refractivity contribution >= 4 is 23.4 Å². The van der Waals surface area contributed by atoms with E-state index < -0.39 is 0 Å². The van der Waals surface area contributed by atoms with Crippen molar-refractivity contribution in [3.63, 3.8) is 0 Å². The average molecular weight is 318 g/mol. The Morgan fingerprint density at radius 1 is 1.27 bits per heavy atom. The van der Waals surface area contributed by atoms with E-state index in [-0.39, 0.29) is 5.91 Å². The molecule has 0 saturated heterocycles. The maximum Gasteiger partial charge on any atom is 0.234 e. The van der Waals surface area contributed by atoms with Crippen LogP contribution in [0.2, 0.25) is 0 Å². The van der Waals surface area contributed by atoms with Crippen molar-refractivity contribution in [2.75, 3.05) is 11.1 Å². The fourth-order valence-corrected chi connectivity index (χ4v) is 2.90. The first-order chi connectivity index (χ1) is 10.5. The van der Waals surface area contributed by atoms with Crippen LogP contribution >= 0.6 is 11.8 Å². The number of amides is 1. The van der Waals surface area contributed by atoms with Gasteiger partial charge >= 0.3 is 0 Å². The highest BCUT2D eigenvalue weighted by molar-refractivity contribution is 7.99. The molecule has 0 radical (unpaired) electrons. The van der Waals surface area contributed by atoms with Crippen LogP contribution in [0.3, 0.4) is 0 Å². The summed E-state index contributed by atoms with van der Waals surface area (Å²) < 4.78 is 2.06. The maximum absolute atomic E-state index is 12.0. The average Bonchev–Trinajstić information content (AvgIpc) is 2.90. The number of nitrogens with one attached hydrogen (secondary N) is 1. The van der Waals surface area contributed by atoms with Gasteiger partial charge in [0, 0.05) is 18.2 Å². The molecule has 0 aliphatic rings. The van der Waals surface area contributed by atoms with Crippen LogP contribution in [-0.2, 0) is 11.3 Å². The Hall–Kier alpha value is -1.82. The quantitative estimate of drug-likeness (QED) is 0.829. The molecule has 2 rings (SSSR count). The van der Waals surface area contributed by atoms with E-state index in [1.807, 2.05) is 31.2 Å². The lowest BCUT2D eigenvalue weighted by molar-refractivity contribution is -0.113. The normalized spacial score (nSPS) is 11.0. The number of rotatable bonds is 6. The lowest BCUT2D eigenvalue weighted by Gasteiger charge is -2.09. The van der Waals surface area contributed by atoms with Crippen LogP contribution in [0.4, 0.5) is 5.69 Å². The van der Waals surface area contributed by atoms with Gasteiger partial charge in [0.15, 0.2) is 5.16 Å². The van der Waals surface area contributed by atoms with Gasteiger partial charge in [-0.3, -0.25) is 4.79 Å². The van der Waals surface area contributed by atoms with E-state index in [2.05, 4.69) is 40.9 Å². The molecule has 118 valence electrons. The molecular formula is C16H22N4OS. The van der Waals surface area contributed by atoms with Crippen molar-refractivity contribution in [3.8, 4) is 0 Å². The molecule has 6 heteroatoms. The third kappa shape index (κ3) is 4.10. The molecule has 0 fully saturated rings. The molecule has 0 saturated carbocycles. The largest absolute Gasteiger partial charge is 0.325 e. The zero-order valence-corrected chi connectivity index (χ0v) is 14.3. The van der Waals surface area contributed by atoms with Crippen LogP contribution in [0.1, 0.15) is 38.1 Å². The Balaban J connectivity index is 1.95. The molecule has 0 atom stereocenters. The number of carbonyl (C=O) groups excluding carboxylic acids is 1. The van der Waals surface area contributed by atoms with Crippen molar-refractivity contribution in [2.45, 2.75) is 45.3 Å². The Bertz CT molecular complexity index is 634. The zero-order chi connectivity index (χ0) is 16.1. The van der Waals surface area contributed by atoms with E-state index in [1.54, 1.807) is 0 Å². The second-order valence-electron chi connectivity index (χ2n) is 5.44. The summed E-state index contributed by atoms with van der Waals surface area (Å²) in [7, 11) is 0. The molecule has 0 spiro atoms. The minimum atomic E-state index is -0.0365. The van der Waals surface area contributed by atoms with E-state index >= 15 is 0 Å². The topological polar surface area (TPSA) is 59.8 Å². The van der Waals surface area contributed by atoms with Gasteiger partial charge in [-0.1, -0.05) is 43.3 Å². The van der Waals surface area contributed by atoms with Gasteiger partial charge in [-0.25, -0.2) is 0 Å². The molecule has 0 aliphatic carbocycles. The first-order valence-electron chi connectivity index (χ1n) is 7.43. The zero-order valence-electron chi connectivity index (χ0n) is 13.5. The number of nitrogens with zero attached hydrogens (tertiary/aromatic N) is 3. The highest BCUT2D eigenvalue weighted by atomic mass is 32.2. The van der Waals surface area contributed by atoms with Gasteiger partial charge in [0.2, 0.25) is 5.91 Å². The summed E-state index contributed by atoms with van der Waals surface area (Å²) in [5.74, 6) is 1.57. The Morgan fingerprint density at radius 3 is 2.55 bits per heavy atom. The van der Waals surface area contributed by atoms with Gasteiger partial charge in [0.1, 0.15) is 5.82 Å².